The number of benzene rings is 1. The van der Waals surface area contributed by atoms with Crippen molar-refractivity contribution in [2.45, 2.75) is 13.0 Å². The molecule has 0 saturated carbocycles. The summed E-state index contributed by atoms with van der Waals surface area (Å²) in [6.07, 6.45) is 4.12. The lowest BCUT2D eigenvalue weighted by molar-refractivity contribution is 0.238. The average Bonchev–Trinajstić information content (AvgIpc) is 2.55. The van der Waals surface area contributed by atoms with Gasteiger partial charge in [0.2, 0.25) is 0 Å². The van der Waals surface area contributed by atoms with E-state index in [1.807, 2.05) is 30.3 Å². The quantitative estimate of drug-likeness (QED) is 0.771. The fourth-order valence-electron chi connectivity index (χ4n) is 1.77. The molecule has 0 bridgehead atoms. The predicted octanol–water partition coefficient (Wildman–Crippen LogP) is 3.00. The highest BCUT2D eigenvalue weighted by Crippen LogP contribution is 2.22. The molecule has 0 aliphatic carbocycles. The maximum atomic E-state index is 11.6. The molecule has 1 aromatic carbocycles. The van der Waals surface area contributed by atoms with Crippen molar-refractivity contribution in [2.24, 2.45) is 0 Å². The third-order valence-corrected chi connectivity index (χ3v) is 3.19. The molecule has 2 rings (SSSR count). The van der Waals surface area contributed by atoms with Gasteiger partial charge in [0, 0.05) is 25.5 Å². The molecule has 0 unspecified atom stereocenters. The number of pyridine rings is 1. The van der Waals surface area contributed by atoms with Gasteiger partial charge in [-0.1, -0.05) is 29.8 Å². The number of hydrogen-bond donors (Lipinski definition) is 2. The number of amides is 2. The first-order valence-electron chi connectivity index (χ1n) is 7.03. The molecule has 22 heavy (non-hydrogen) atoms. The summed E-state index contributed by atoms with van der Waals surface area (Å²) in [5.41, 5.74) is 0.958. The zero-order valence-corrected chi connectivity index (χ0v) is 12.8. The van der Waals surface area contributed by atoms with E-state index in [1.165, 1.54) is 0 Å². The van der Waals surface area contributed by atoms with Crippen LogP contribution in [0.3, 0.4) is 0 Å². The Morgan fingerprint density at radius 3 is 2.82 bits per heavy atom. The molecule has 5 nitrogen and oxygen atoms in total. The fraction of sp³-hybridized carbons (Fsp3) is 0.250. The first-order valence-corrected chi connectivity index (χ1v) is 7.41. The van der Waals surface area contributed by atoms with Gasteiger partial charge in [-0.25, -0.2) is 4.79 Å². The number of rotatable bonds is 7. The first kappa shape index (κ1) is 16.1. The SMILES string of the molecule is O=C(NCCCOc1ccccc1Cl)NCc1cccnc1. The highest BCUT2D eigenvalue weighted by atomic mass is 35.5. The molecule has 1 heterocycles. The van der Waals surface area contributed by atoms with E-state index in [-0.39, 0.29) is 6.03 Å². The summed E-state index contributed by atoms with van der Waals surface area (Å²) in [6.45, 7) is 1.48. The van der Waals surface area contributed by atoms with Crippen molar-refractivity contribution < 1.29 is 9.53 Å². The maximum absolute atomic E-state index is 11.6. The van der Waals surface area contributed by atoms with Crippen LogP contribution in [0.1, 0.15) is 12.0 Å². The van der Waals surface area contributed by atoms with E-state index in [0.29, 0.717) is 36.9 Å². The van der Waals surface area contributed by atoms with Gasteiger partial charge >= 0.3 is 6.03 Å². The highest BCUT2D eigenvalue weighted by Gasteiger charge is 2.01. The van der Waals surface area contributed by atoms with Crippen LogP contribution in [-0.4, -0.2) is 24.2 Å². The molecule has 1 aromatic heterocycles. The smallest absolute Gasteiger partial charge is 0.315 e. The van der Waals surface area contributed by atoms with Crippen LogP contribution in [0.5, 0.6) is 5.75 Å². The standard InChI is InChI=1S/C16H18ClN3O2/c17-14-6-1-2-7-15(14)22-10-4-9-19-16(21)20-12-13-5-3-8-18-11-13/h1-3,5-8,11H,4,9-10,12H2,(H2,19,20,21). The summed E-state index contributed by atoms with van der Waals surface area (Å²) >= 11 is 5.98. The van der Waals surface area contributed by atoms with Crippen molar-refractivity contribution in [1.82, 2.24) is 15.6 Å². The average molecular weight is 320 g/mol. The Bertz CT molecular complexity index is 593. The molecule has 116 valence electrons. The van der Waals surface area contributed by atoms with Crippen molar-refractivity contribution in [3.63, 3.8) is 0 Å². The number of nitrogens with one attached hydrogen (secondary N) is 2. The van der Waals surface area contributed by atoms with Crippen molar-refractivity contribution in [3.05, 3.63) is 59.4 Å². The van der Waals surface area contributed by atoms with Crippen LogP contribution in [-0.2, 0) is 6.54 Å². The second-order valence-electron chi connectivity index (χ2n) is 4.60. The van der Waals surface area contributed by atoms with E-state index in [9.17, 15) is 4.79 Å². The Labute approximate surface area is 134 Å². The summed E-state index contributed by atoms with van der Waals surface area (Å²) in [4.78, 5) is 15.6. The number of nitrogens with zero attached hydrogens (tertiary/aromatic N) is 1. The van der Waals surface area contributed by atoms with Crippen molar-refractivity contribution >= 4 is 17.6 Å². The van der Waals surface area contributed by atoms with Gasteiger partial charge < -0.3 is 15.4 Å². The number of hydrogen-bond acceptors (Lipinski definition) is 3. The molecule has 2 N–H and O–H groups in total. The van der Waals surface area contributed by atoms with Crippen LogP contribution in [0.2, 0.25) is 5.02 Å². The van der Waals surface area contributed by atoms with Crippen molar-refractivity contribution in [2.75, 3.05) is 13.2 Å². The van der Waals surface area contributed by atoms with Crippen molar-refractivity contribution in [3.8, 4) is 5.75 Å². The van der Waals surface area contributed by atoms with Gasteiger partial charge in [-0.3, -0.25) is 4.98 Å². The normalized spacial score (nSPS) is 10.0. The number of halogens is 1. The van der Waals surface area contributed by atoms with E-state index in [1.54, 1.807) is 18.5 Å². The molecule has 0 aliphatic rings. The van der Waals surface area contributed by atoms with Gasteiger partial charge in [0.05, 0.1) is 11.6 Å². The number of ether oxygens (including phenoxy) is 1. The van der Waals surface area contributed by atoms with E-state index in [2.05, 4.69) is 15.6 Å². The molecule has 2 amide bonds. The minimum absolute atomic E-state index is 0.207. The van der Waals surface area contributed by atoms with Crippen LogP contribution in [0.15, 0.2) is 48.8 Å². The fourth-order valence-corrected chi connectivity index (χ4v) is 1.96. The van der Waals surface area contributed by atoms with Crippen molar-refractivity contribution in [1.29, 1.82) is 0 Å². The van der Waals surface area contributed by atoms with Gasteiger partial charge in [-0.05, 0) is 30.2 Å². The van der Waals surface area contributed by atoms with E-state index < -0.39 is 0 Å². The molecule has 0 fully saturated rings. The van der Waals surface area contributed by atoms with E-state index in [0.717, 1.165) is 5.56 Å². The molecular formula is C16H18ClN3O2. The lowest BCUT2D eigenvalue weighted by Crippen LogP contribution is -2.36. The van der Waals surface area contributed by atoms with Crippen LogP contribution in [0.25, 0.3) is 0 Å². The Morgan fingerprint density at radius 2 is 2.05 bits per heavy atom. The first-order chi connectivity index (χ1) is 10.8. The van der Waals surface area contributed by atoms with Crippen LogP contribution in [0.4, 0.5) is 4.79 Å². The van der Waals surface area contributed by atoms with E-state index >= 15 is 0 Å². The van der Waals surface area contributed by atoms with Gasteiger partial charge in [-0.2, -0.15) is 0 Å². The topological polar surface area (TPSA) is 63.2 Å². The number of carbonyl (C=O) groups excluding carboxylic acids is 1. The molecule has 0 atom stereocenters. The molecule has 0 spiro atoms. The number of aromatic nitrogens is 1. The third kappa shape index (κ3) is 5.61. The number of para-hydroxylation sites is 1. The second kappa shape index (κ2) is 8.89. The molecule has 6 heteroatoms. The molecular weight excluding hydrogens is 302 g/mol. The lowest BCUT2D eigenvalue weighted by atomic mass is 10.3. The van der Waals surface area contributed by atoms with Gasteiger partial charge in [0.15, 0.2) is 0 Å². The summed E-state index contributed by atoms with van der Waals surface area (Å²) in [5, 5.41) is 6.12. The monoisotopic (exact) mass is 319 g/mol. The molecule has 0 saturated heterocycles. The Kier molecular flexibility index (Phi) is 6.51. The van der Waals surface area contributed by atoms with Crippen LogP contribution in [0, 0.1) is 0 Å². The molecule has 0 radical (unpaired) electrons. The Hall–Kier alpha value is -2.27. The second-order valence-corrected chi connectivity index (χ2v) is 5.01. The van der Waals surface area contributed by atoms with Gasteiger partial charge in [0.1, 0.15) is 5.75 Å². The highest BCUT2D eigenvalue weighted by molar-refractivity contribution is 6.32. The summed E-state index contributed by atoms with van der Waals surface area (Å²) in [7, 11) is 0. The summed E-state index contributed by atoms with van der Waals surface area (Å²) < 4.78 is 5.54. The zero-order valence-electron chi connectivity index (χ0n) is 12.1. The van der Waals surface area contributed by atoms with E-state index in [4.69, 9.17) is 16.3 Å². The Morgan fingerprint density at radius 1 is 1.18 bits per heavy atom. The van der Waals surface area contributed by atoms with Gasteiger partial charge in [0.25, 0.3) is 0 Å². The molecule has 2 aromatic rings. The summed E-state index contributed by atoms with van der Waals surface area (Å²) in [6, 6.07) is 10.8. The lowest BCUT2D eigenvalue weighted by Gasteiger charge is -2.09. The van der Waals surface area contributed by atoms with Gasteiger partial charge in [-0.15, -0.1) is 0 Å². The predicted molar refractivity (Wildman–Crippen MR) is 86.0 cm³/mol. The summed E-state index contributed by atoms with van der Waals surface area (Å²) in [5.74, 6) is 0.658. The van der Waals surface area contributed by atoms with Crippen LogP contribution >= 0.6 is 11.6 Å². The minimum Gasteiger partial charge on any atom is -0.492 e. The minimum atomic E-state index is -0.207. The molecule has 0 aliphatic heterocycles. The maximum Gasteiger partial charge on any atom is 0.315 e. The Balaban J connectivity index is 1.57. The van der Waals surface area contributed by atoms with Crippen LogP contribution < -0.4 is 15.4 Å². The third-order valence-electron chi connectivity index (χ3n) is 2.88. The largest absolute Gasteiger partial charge is 0.492 e. The number of urea groups is 1. The zero-order chi connectivity index (χ0) is 15.6. The number of carbonyl (C=O) groups is 1.